The molecule has 4 N–H and O–H groups in total. The Hall–Kier alpha value is -1.11. The lowest BCUT2D eigenvalue weighted by Crippen LogP contribution is -2.62. The van der Waals surface area contributed by atoms with Crippen molar-refractivity contribution in [2.45, 2.75) is 33.3 Å². The Kier molecular flexibility index (Phi) is 4.33. The van der Waals surface area contributed by atoms with Crippen LogP contribution < -0.4 is 0 Å². The molecule has 1 unspecified atom stereocenters. The molecule has 100 valence electrons. The molecule has 0 aromatic rings. The van der Waals surface area contributed by atoms with Gasteiger partial charge in [0.05, 0.1) is 17.8 Å². The predicted molar refractivity (Wildman–Crippen MR) is 60.5 cm³/mol. The number of aliphatic hydroxyl groups is 2. The third-order valence-corrected chi connectivity index (χ3v) is 3.34. The molecular formula is C11H20O6. The SMILES string of the molecule is C=C(O)C(C)(C)C(O)(C(=O)O)C(C)(C)COO. The van der Waals surface area contributed by atoms with Crippen LogP contribution in [0.5, 0.6) is 0 Å². The molecule has 0 aliphatic heterocycles. The second kappa shape index (κ2) is 4.64. The maximum atomic E-state index is 11.4. The number of aliphatic hydroxyl groups excluding tert-OH is 1. The summed E-state index contributed by atoms with van der Waals surface area (Å²) in [5.74, 6) is -1.99. The van der Waals surface area contributed by atoms with Crippen molar-refractivity contribution in [3.8, 4) is 0 Å². The summed E-state index contributed by atoms with van der Waals surface area (Å²) in [7, 11) is 0. The van der Waals surface area contributed by atoms with Crippen LogP contribution in [0.1, 0.15) is 27.7 Å². The number of carboxylic acid groups (broad SMARTS) is 1. The van der Waals surface area contributed by atoms with Gasteiger partial charge in [0, 0.05) is 5.41 Å². The Labute approximate surface area is 100 Å². The zero-order valence-corrected chi connectivity index (χ0v) is 10.5. The summed E-state index contributed by atoms with van der Waals surface area (Å²) >= 11 is 0. The highest BCUT2D eigenvalue weighted by atomic mass is 17.1. The highest BCUT2D eigenvalue weighted by Gasteiger charge is 2.61. The van der Waals surface area contributed by atoms with E-state index in [0.29, 0.717) is 0 Å². The largest absolute Gasteiger partial charge is 0.512 e. The van der Waals surface area contributed by atoms with Crippen LogP contribution in [0.25, 0.3) is 0 Å². The lowest BCUT2D eigenvalue weighted by molar-refractivity contribution is -0.284. The fourth-order valence-corrected chi connectivity index (χ4v) is 1.88. The molecule has 0 saturated heterocycles. The standard InChI is InChI=1S/C11H20O6/c1-7(12)10(4,5)11(15,8(13)14)9(2,3)6-17-16/h12,15-16H,1,6H2,2-5H3,(H,13,14). The second-order valence-corrected chi connectivity index (χ2v) is 5.24. The average Bonchev–Trinajstić information content (AvgIpc) is 2.15. The maximum absolute atomic E-state index is 11.4. The Balaban J connectivity index is 5.79. The number of hydrogen-bond donors (Lipinski definition) is 4. The summed E-state index contributed by atoms with van der Waals surface area (Å²) in [5, 5.41) is 37.6. The minimum Gasteiger partial charge on any atom is -0.512 e. The lowest BCUT2D eigenvalue weighted by Gasteiger charge is -2.47. The van der Waals surface area contributed by atoms with E-state index in [1.165, 1.54) is 27.7 Å². The Bertz CT molecular complexity index is 320. The first kappa shape index (κ1) is 15.9. The molecule has 0 aliphatic rings. The summed E-state index contributed by atoms with van der Waals surface area (Å²) in [6, 6.07) is 0. The number of carbonyl (C=O) groups is 1. The first-order chi connectivity index (χ1) is 7.45. The zero-order chi connectivity index (χ0) is 14.1. The summed E-state index contributed by atoms with van der Waals surface area (Å²) in [6.07, 6.45) is 0. The molecule has 1 atom stereocenters. The van der Waals surface area contributed by atoms with Gasteiger partial charge in [-0.2, -0.15) is 0 Å². The molecule has 0 fully saturated rings. The predicted octanol–water partition coefficient (Wildman–Crippen LogP) is 1.42. The molecule has 0 aromatic heterocycles. The van der Waals surface area contributed by atoms with E-state index in [1.54, 1.807) is 0 Å². The van der Waals surface area contributed by atoms with E-state index >= 15 is 0 Å². The van der Waals surface area contributed by atoms with Gasteiger partial charge in [0.1, 0.15) is 0 Å². The van der Waals surface area contributed by atoms with Crippen molar-refractivity contribution in [3.05, 3.63) is 12.3 Å². The van der Waals surface area contributed by atoms with Gasteiger partial charge in [-0.15, -0.1) is 0 Å². The van der Waals surface area contributed by atoms with E-state index < -0.39 is 34.8 Å². The van der Waals surface area contributed by atoms with Crippen LogP contribution >= 0.6 is 0 Å². The van der Waals surface area contributed by atoms with Crippen LogP contribution in [0.15, 0.2) is 12.3 Å². The minimum absolute atomic E-state index is 0.410. The second-order valence-electron chi connectivity index (χ2n) is 5.24. The van der Waals surface area contributed by atoms with Crippen LogP contribution in [-0.4, -0.2) is 38.8 Å². The molecule has 0 heterocycles. The number of rotatable bonds is 6. The molecule has 0 aliphatic carbocycles. The highest BCUT2D eigenvalue weighted by Crippen LogP contribution is 2.47. The van der Waals surface area contributed by atoms with Gasteiger partial charge in [-0.1, -0.05) is 20.4 Å². The van der Waals surface area contributed by atoms with Crippen molar-refractivity contribution in [3.63, 3.8) is 0 Å². The molecule has 0 bridgehead atoms. The van der Waals surface area contributed by atoms with E-state index in [2.05, 4.69) is 11.5 Å². The molecule has 0 radical (unpaired) electrons. The van der Waals surface area contributed by atoms with E-state index in [4.69, 9.17) is 5.26 Å². The summed E-state index contributed by atoms with van der Waals surface area (Å²) in [6.45, 7) is 8.38. The fourth-order valence-electron chi connectivity index (χ4n) is 1.88. The van der Waals surface area contributed by atoms with Crippen molar-refractivity contribution in [1.29, 1.82) is 0 Å². The fraction of sp³-hybridized carbons (Fsp3) is 0.727. The van der Waals surface area contributed by atoms with Gasteiger partial charge in [0.25, 0.3) is 0 Å². The summed E-state index contributed by atoms with van der Waals surface area (Å²) in [4.78, 5) is 15.3. The van der Waals surface area contributed by atoms with E-state index in [-0.39, 0.29) is 0 Å². The molecule has 0 saturated carbocycles. The van der Waals surface area contributed by atoms with Crippen molar-refractivity contribution < 1.29 is 30.3 Å². The van der Waals surface area contributed by atoms with Crippen molar-refractivity contribution in [1.82, 2.24) is 0 Å². The topological polar surface area (TPSA) is 107 Å². The Morgan fingerprint density at radius 3 is 1.88 bits per heavy atom. The van der Waals surface area contributed by atoms with Crippen LogP contribution in [-0.2, 0) is 9.68 Å². The minimum atomic E-state index is -2.35. The van der Waals surface area contributed by atoms with Gasteiger partial charge in [0.2, 0.25) is 0 Å². The number of hydrogen-bond acceptors (Lipinski definition) is 5. The highest BCUT2D eigenvalue weighted by molar-refractivity contribution is 5.80. The first-order valence-corrected chi connectivity index (χ1v) is 5.05. The average molecular weight is 248 g/mol. The zero-order valence-electron chi connectivity index (χ0n) is 10.5. The number of carboxylic acids is 1. The molecular weight excluding hydrogens is 228 g/mol. The molecule has 0 spiro atoms. The molecule has 17 heavy (non-hydrogen) atoms. The van der Waals surface area contributed by atoms with Crippen LogP contribution in [0.4, 0.5) is 0 Å². The summed E-state index contributed by atoms with van der Waals surface area (Å²) < 4.78 is 0. The smallest absolute Gasteiger partial charge is 0.337 e. The Morgan fingerprint density at radius 1 is 1.24 bits per heavy atom. The molecule has 0 rings (SSSR count). The normalized spacial score (nSPS) is 16.4. The molecule has 0 aromatic carbocycles. The maximum Gasteiger partial charge on any atom is 0.337 e. The first-order valence-electron chi connectivity index (χ1n) is 5.05. The van der Waals surface area contributed by atoms with Crippen LogP contribution in [0.3, 0.4) is 0 Å². The van der Waals surface area contributed by atoms with Crippen molar-refractivity contribution in [2.24, 2.45) is 10.8 Å². The molecule has 6 nitrogen and oxygen atoms in total. The van der Waals surface area contributed by atoms with Crippen molar-refractivity contribution >= 4 is 5.97 Å². The van der Waals surface area contributed by atoms with Crippen molar-refractivity contribution in [2.75, 3.05) is 6.61 Å². The quantitative estimate of drug-likeness (QED) is 0.321. The van der Waals surface area contributed by atoms with Gasteiger partial charge < -0.3 is 15.3 Å². The van der Waals surface area contributed by atoms with Gasteiger partial charge in [-0.05, 0) is 13.8 Å². The van der Waals surface area contributed by atoms with Crippen LogP contribution in [0, 0.1) is 10.8 Å². The Morgan fingerprint density at radius 2 is 1.65 bits per heavy atom. The number of aliphatic carboxylic acids is 1. The molecule has 6 heteroatoms. The monoisotopic (exact) mass is 248 g/mol. The van der Waals surface area contributed by atoms with E-state index in [0.717, 1.165) is 0 Å². The van der Waals surface area contributed by atoms with E-state index in [9.17, 15) is 20.1 Å². The van der Waals surface area contributed by atoms with E-state index in [1.807, 2.05) is 0 Å². The molecule has 0 amide bonds. The third kappa shape index (κ3) is 2.29. The van der Waals surface area contributed by atoms with Gasteiger partial charge in [-0.25, -0.2) is 9.68 Å². The van der Waals surface area contributed by atoms with Crippen LogP contribution in [0.2, 0.25) is 0 Å². The van der Waals surface area contributed by atoms with Gasteiger partial charge in [0.15, 0.2) is 5.60 Å². The van der Waals surface area contributed by atoms with Gasteiger partial charge in [-0.3, -0.25) is 5.26 Å². The third-order valence-electron chi connectivity index (χ3n) is 3.34. The lowest BCUT2D eigenvalue weighted by atomic mass is 9.60. The van der Waals surface area contributed by atoms with Gasteiger partial charge >= 0.3 is 5.97 Å². The summed E-state index contributed by atoms with van der Waals surface area (Å²) in [5.41, 5.74) is -5.21.